The maximum Gasteiger partial charge on any atom is 0.141 e. The van der Waals surface area contributed by atoms with Crippen molar-refractivity contribution in [1.29, 1.82) is 0 Å². The van der Waals surface area contributed by atoms with Crippen molar-refractivity contribution in [3.05, 3.63) is 12.2 Å². The van der Waals surface area contributed by atoms with Crippen LogP contribution in [-0.4, -0.2) is 43.5 Å². The van der Waals surface area contributed by atoms with Crippen molar-refractivity contribution in [1.82, 2.24) is 19.7 Å². The SMILES string of the molecule is CCCn1ncnc1CN1CCCCC1CC(C)O. The van der Waals surface area contributed by atoms with Crippen LogP contribution in [0.3, 0.4) is 0 Å². The van der Waals surface area contributed by atoms with Gasteiger partial charge in [0.25, 0.3) is 0 Å². The number of aromatic nitrogens is 3. The molecule has 2 unspecified atom stereocenters. The van der Waals surface area contributed by atoms with E-state index < -0.39 is 0 Å². The number of hydrogen-bond acceptors (Lipinski definition) is 4. The van der Waals surface area contributed by atoms with E-state index in [4.69, 9.17) is 0 Å². The van der Waals surface area contributed by atoms with Gasteiger partial charge in [0.1, 0.15) is 12.2 Å². The summed E-state index contributed by atoms with van der Waals surface area (Å²) in [4.78, 5) is 6.85. The van der Waals surface area contributed by atoms with E-state index in [1.54, 1.807) is 6.33 Å². The molecule has 0 radical (unpaired) electrons. The fourth-order valence-electron chi connectivity index (χ4n) is 2.92. The second kappa shape index (κ2) is 7.01. The van der Waals surface area contributed by atoms with Crippen molar-refractivity contribution >= 4 is 0 Å². The van der Waals surface area contributed by atoms with Gasteiger partial charge in [-0.05, 0) is 39.2 Å². The molecule has 0 saturated carbocycles. The van der Waals surface area contributed by atoms with Crippen molar-refractivity contribution in [3.63, 3.8) is 0 Å². The van der Waals surface area contributed by atoms with E-state index in [1.807, 2.05) is 11.6 Å². The highest BCUT2D eigenvalue weighted by Gasteiger charge is 2.24. The Morgan fingerprint density at radius 2 is 2.32 bits per heavy atom. The number of aliphatic hydroxyl groups is 1. The number of aliphatic hydroxyl groups excluding tert-OH is 1. The van der Waals surface area contributed by atoms with E-state index in [-0.39, 0.29) is 6.10 Å². The summed E-state index contributed by atoms with van der Waals surface area (Å²) < 4.78 is 2.01. The summed E-state index contributed by atoms with van der Waals surface area (Å²) >= 11 is 0. The topological polar surface area (TPSA) is 54.2 Å². The summed E-state index contributed by atoms with van der Waals surface area (Å²) in [6.45, 7) is 6.94. The Balaban J connectivity index is 2.00. The van der Waals surface area contributed by atoms with E-state index in [0.29, 0.717) is 6.04 Å². The van der Waals surface area contributed by atoms with Crippen LogP contribution in [-0.2, 0) is 13.1 Å². The van der Waals surface area contributed by atoms with E-state index in [2.05, 4.69) is 21.9 Å². The molecule has 0 spiro atoms. The first-order valence-electron chi connectivity index (χ1n) is 7.49. The molecule has 1 N–H and O–H groups in total. The third-order valence-electron chi connectivity index (χ3n) is 3.84. The smallest absolute Gasteiger partial charge is 0.141 e. The fraction of sp³-hybridized carbons (Fsp3) is 0.857. The quantitative estimate of drug-likeness (QED) is 0.853. The molecule has 1 aromatic rings. The van der Waals surface area contributed by atoms with Crippen molar-refractivity contribution in [2.75, 3.05) is 6.54 Å². The molecule has 5 heteroatoms. The normalized spacial score (nSPS) is 22.6. The highest BCUT2D eigenvalue weighted by molar-refractivity contribution is 4.88. The molecule has 2 rings (SSSR count). The lowest BCUT2D eigenvalue weighted by Crippen LogP contribution is -2.41. The standard InChI is InChI=1S/C14H26N4O/c1-3-7-18-14(15-11-16-18)10-17-8-5-4-6-13(17)9-12(2)19/h11-13,19H,3-10H2,1-2H3. The summed E-state index contributed by atoms with van der Waals surface area (Å²) in [6.07, 6.45) is 7.08. The molecule has 0 amide bonds. The number of rotatable bonds is 6. The van der Waals surface area contributed by atoms with Crippen LogP contribution < -0.4 is 0 Å². The second-order valence-electron chi connectivity index (χ2n) is 5.60. The van der Waals surface area contributed by atoms with E-state index in [1.165, 1.54) is 19.3 Å². The zero-order valence-electron chi connectivity index (χ0n) is 12.1. The fourth-order valence-corrected chi connectivity index (χ4v) is 2.92. The summed E-state index contributed by atoms with van der Waals surface area (Å²) in [5.74, 6) is 1.05. The maximum absolute atomic E-state index is 9.63. The highest BCUT2D eigenvalue weighted by Crippen LogP contribution is 2.22. The number of piperidine rings is 1. The van der Waals surface area contributed by atoms with Gasteiger partial charge in [0, 0.05) is 12.6 Å². The molecule has 2 atom stereocenters. The first kappa shape index (κ1) is 14.5. The zero-order valence-corrected chi connectivity index (χ0v) is 12.1. The Morgan fingerprint density at radius 3 is 3.05 bits per heavy atom. The number of hydrogen-bond donors (Lipinski definition) is 1. The van der Waals surface area contributed by atoms with Gasteiger partial charge < -0.3 is 5.11 Å². The zero-order chi connectivity index (χ0) is 13.7. The third-order valence-corrected chi connectivity index (χ3v) is 3.84. The van der Waals surface area contributed by atoms with Gasteiger partial charge in [0.15, 0.2) is 0 Å². The number of likely N-dealkylation sites (tertiary alicyclic amines) is 1. The molecule has 1 aliphatic rings. The molecule has 0 aliphatic carbocycles. The average molecular weight is 266 g/mol. The molecular formula is C14H26N4O. The number of aryl methyl sites for hydroxylation is 1. The molecule has 2 heterocycles. The first-order chi connectivity index (χ1) is 9.20. The maximum atomic E-state index is 9.63. The van der Waals surface area contributed by atoms with Gasteiger partial charge in [0.05, 0.1) is 12.6 Å². The molecule has 0 bridgehead atoms. The van der Waals surface area contributed by atoms with Gasteiger partial charge in [-0.3, -0.25) is 4.90 Å². The Labute approximate surface area is 115 Å². The molecule has 1 saturated heterocycles. The van der Waals surface area contributed by atoms with Crippen molar-refractivity contribution in [2.45, 2.75) is 71.2 Å². The molecule has 19 heavy (non-hydrogen) atoms. The first-order valence-corrected chi connectivity index (χ1v) is 7.49. The monoisotopic (exact) mass is 266 g/mol. The lowest BCUT2D eigenvalue weighted by atomic mass is 9.97. The molecule has 1 fully saturated rings. The molecule has 5 nitrogen and oxygen atoms in total. The van der Waals surface area contributed by atoms with E-state index >= 15 is 0 Å². The second-order valence-corrected chi connectivity index (χ2v) is 5.60. The Hall–Kier alpha value is -0.940. The molecule has 1 aliphatic heterocycles. The minimum absolute atomic E-state index is 0.223. The van der Waals surface area contributed by atoms with Crippen LogP contribution in [0.4, 0.5) is 0 Å². The lowest BCUT2D eigenvalue weighted by Gasteiger charge is -2.36. The van der Waals surface area contributed by atoms with Gasteiger partial charge in [-0.2, -0.15) is 5.10 Å². The lowest BCUT2D eigenvalue weighted by molar-refractivity contribution is 0.0788. The van der Waals surface area contributed by atoms with Crippen LogP contribution in [0.5, 0.6) is 0 Å². The van der Waals surface area contributed by atoms with Gasteiger partial charge in [-0.15, -0.1) is 0 Å². The average Bonchev–Trinajstić information content (AvgIpc) is 2.79. The van der Waals surface area contributed by atoms with Crippen molar-refractivity contribution in [3.8, 4) is 0 Å². The van der Waals surface area contributed by atoms with Gasteiger partial charge in [0.2, 0.25) is 0 Å². The Morgan fingerprint density at radius 1 is 1.47 bits per heavy atom. The van der Waals surface area contributed by atoms with Crippen LogP contribution in [0, 0.1) is 0 Å². The minimum Gasteiger partial charge on any atom is -0.393 e. The van der Waals surface area contributed by atoms with Crippen LogP contribution in [0.25, 0.3) is 0 Å². The highest BCUT2D eigenvalue weighted by atomic mass is 16.3. The predicted octanol–water partition coefficient (Wildman–Crippen LogP) is 1.81. The molecule has 108 valence electrons. The van der Waals surface area contributed by atoms with Crippen LogP contribution >= 0.6 is 0 Å². The largest absolute Gasteiger partial charge is 0.393 e. The Bertz CT molecular complexity index is 377. The van der Waals surface area contributed by atoms with Gasteiger partial charge in [-0.25, -0.2) is 9.67 Å². The van der Waals surface area contributed by atoms with Crippen molar-refractivity contribution in [2.24, 2.45) is 0 Å². The van der Waals surface area contributed by atoms with E-state index in [9.17, 15) is 5.11 Å². The third kappa shape index (κ3) is 4.01. The number of nitrogens with zero attached hydrogens (tertiary/aromatic N) is 4. The van der Waals surface area contributed by atoms with Crippen LogP contribution in [0.15, 0.2) is 6.33 Å². The molecular weight excluding hydrogens is 240 g/mol. The van der Waals surface area contributed by atoms with Gasteiger partial charge >= 0.3 is 0 Å². The van der Waals surface area contributed by atoms with E-state index in [0.717, 1.165) is 38.3 Å². The van der Waals surface area contributed by atoms with Crippen LogP contribution in [0.2, 0.25) is 0 Å². The predicted molar refractivity (Wildman–Crippen MR) is 74.7 cm³/mol. The minimum atomic E-state index is -0.223. The van der Waals surface area contributed by atoms with Gasteiger partial charge in [-0.1, -0.05) is 13.3 Å². The Kier molecular flexibility index (Phi) is 5.34. The summed E-state index contributed by atoms with van der Waals surface area (Å²) in [5, 5.41) is 13.9. The molecule has 0 aromatic carbocycles. The summed E-state index contributed by atoms with van der Waals surface area (Å²) in [7, 11) is 0. The summed E-state index contributed by atoms with van der Waals surface area (Å²) in [5.41, 5.74) is 0. The van der Waals surface area contributed by atoms with Crippen molar-refractivity contribution < 1.29 is 5.11 Å². The molecule has 1 aromatic heterocycles. The van der Waals surface area contributed by atoms with Crippen LogP contribution in [0.1, 0.15) is 51.8 Å². The summed E-state index contributed by atoms with van der Waals surface area (Å²) in [6, 6.07) is 0.487.